The minimum atomic E-state index is -0.822. The molecule has 0 spiro atoms. The van der Waals surface area contributed by atoms with Gasteiger partial charge < -0.3 is 15.3 Å². The summed E-state index contributed by atoms with van der Waals surface area (Å²) in [6.07, 6.45) is 7.11. The van der Waals surface area contributed by atoms with E-state index in [0.29, 0.717) is 12.5 Å². The zero-order valence-electron chi connectivity index (χ0n) is 11.4. The quantitative estimate of drug-likeness (QED) is 0.542. The highest BCUT2D eigenvalue weighted by atomic mass is 16.4. The third-order valence-corrected chi connectivity index (χ3v) is 3.89. The van der Waals surface area contributed by atoms with Gasteiger partial charge in [-0.15, -0.1) is 6.58 Å². The van der Waals surface area contributed by atoms with Crippen LogP contribution in [0.1, 0.15) is 32.1 Å². The van der Waals surface area contributed by atoms with E-state index in [4.69, 9.17) is 5.11 Å². The Morgan fingerprint density at radius 3 is 2.56 bits per heavy atom. The van der Waals surface area contributed by atoms with Crippen LogP contribution >= 0.6 is 0 Å². The molecule has 1 rings (SSSR count). The van der Waals surface area contributed by atoms with Crippen molar-refractivity contribution in [1.82, 2.24) is 10.2 Å². The molecule has 0 saturated heterocycles. The summed E-state index contributed by atoms with van der Waals surface area (Å²) in [5.41, 5.74) is 0. The second-order valence-corrected chi connectivity index (χ2v) is 5.33. The molecular formula is C14H26N2O2. The van der Waals surface area contributed by atoms with E-state index in [2.05, 4.69) is 11.9 Å². The van der Waals surface area contributed by atoms with Gasteiger partial charge in [0.2, 0.25) is 0 Å². The van der Waals surface area contributed by atoms with Gasteiger partial charge >= 0.3 is 6.09 Å². The summed E-state index contributed by atoms with van der Waals surface area (Å²) in [5, 5.41) is 12.2. The molecule has 1 saturated carbocycles. The molecule has 1 fully saturated rings. The molecule has 1 aliphatic rings. The summed E-state index contributed by atoms with van der Waals surface area (Å²) in [7, 11) is 1.65. The van der Waals surface area contributed by atoms with Crippen molar-refractivity contribution in [3.8, 4) is 0 Å². The summed E-state index contributed by atoms with van der Waals surface area (Å²) >= 11 is 0. The molecule has 0 atom stereocenters. The molecule has 0 aromatic heterocycles. The van der Waals surface area contributed by atoms with Gasteiger partial charge in [0, 0.05) is 20.1 Å². The maximum absolute atomic E-state index is 10.7. The Bertz CT molecular complexity index is 261. The van der Waals surface area contributed by atoms with Crippen molar-refractivity contribution in [2.24, 2.45) is 11.8 Å². The minimum Gasteiger partial charge on any atom is -0.465 e. The maximum atomic E-state index is 10.7. The molecule has 0 aromatic rings. The van der Waals surface area contributed by atoms with Crippen LogP contribution in [0.25, 0.3) is 0 Å². The van der Waals surface area contributed by atoms with E-state index in [0.717, 1.165) is 25.4 Å². The maximum Gasteiger partial charge on any atom is 0.407 e. The molecule has 4 nitrogen and oxygen atoms in total. The third-order valence-electron chi connectivity index (χ3n) is 3.89. The molecule has 0 radical (unpaired) electrons. The van der Waals surface area contributed by atoms with Gasteiger partial charge in [0.1, 0.15) is 0 Å². The predicted molar refractivity (Wildman–Crippen MR) is 73.8 cm³/mol. The zero-order valence-corrected chi connectivity index (χ0v) is 11.4. The number of hydrogen-bond acceptors (Lipinski definition) is 2. The first kappa shape index (κ1) is 15.0. The number of carbonyl (C=O) groups is 1. The lowest BCUT2D eigenvalue weighted by molar-refractivity contribution is 0.149. The number of nitrogens with one attached hydrogen (secondary N) is 1. The molecular weight excluding hydrogens is 228 g/mol. The Kier molecular flexibility index (Phi) is 6.80. The fourth-order valence-corrected chi connectivity index (χ4v) is 2.59. The molecule has 18 heavy (non-hydrogen) atoms. The molecule has 1 aliphatic carbocycles. The molecule has 4 heteroatoms. The Morgan fingerprint density at radius 1 is 1.39 bits per heavy atom. The predicted octanol–water partition coefficient (Wildman–Crippen LogP) is 2.57. The van der Waals surface area contributed by atoms with Crippen LogP contribution in [-0.4, -0.2) is 42.8 Å². The first-order chi connectivity index (χ1) is 8.63. The van der Waals surface area contributed by atoms with Crippen LogP contribution in [0.3, 0.4) is 0 Å². The Labute approximate surface area is 110 Å². The SMILES string of the molecule is C=CCNCC1CCC(CCN(C)C(=O)O)CC1. The molecule has 0 aromatic carbocycles. The lowest BCUT2D eigenvalue weighted by Crippen LogP contribution is -2.30. The highest BCUT2D eigenvalue weighted by molar-refractivity contribution is 5.64. The topological polar surface area (TPSA) is 52.6 Å². The fraction of sp³-hybridized carbons (Fsp3) is 0.786. The lowest BCUT2D eigenvalue weighted by Gasteiger charge is -2.29. The van der Waals surface area contributed by atoms with Crippen molar-refractivity contribution in [3.05, 3.63) is 12.7 Å². The van der Waals surface area contributed by atoms with Crippen molar-refractivity contribution >= 4 is 6.09 Å². The highest BCUT2D eigenvalue weighted by Gasteiger charge is 2.21. The summed E-state index contributed by atoms with van der Waals surface area (Å²) in [6.45, 7) is 6.34. The number of amides is 1. The van der Waals surface area contributed by atoms with Crippen LogP contribution in [0.5, 0.6) is 0 Å². The van der Waals surface area contributed by atoms with E-state index >= 15 is 0 Å². The number of nitrogens with zero attached hydrogens (tertiary/aromatic N) is 1. The van der Waals surface area contributed by atoms with Crippen molar-refractivity contribution in [2.75, 3.05) is 26.7 Å². The van der Waals surface area contributed by atoms with Crippen LogP contribution < -0.4 is 5.32 Å². The number of hydrogen-bond donors (Lipinski definition) is 2. The summed E-state index contributed by atoms with van der Waals surface area (Å²) in [5.74, 6) is 1.50. The van der Waals surface area contributed by atoms with Crippen LogP contribution in [0.2, 0.25) is 0 Å². The molecule has 1 amide bonds. The number of rotatable bonds is 7. The van der Waals surface area contributed by atoms with Gasteiger partial charge in [-0.05, 0) is 37.6 Å². The monoisotopic (exact) mass is 254 g/mol. The first-order valence-corrected chi connectivity index (χ1v) is 6.89. The molecule has 0 heterocycles. The van der Waals surface area contributed by atoms with E-state index in [9.17, 15) is 4.79 Å². The van der Waals surface area contributed by atoms with Gasteiger partial charge in [-0.2, -0.15) is 0 Å². The van der Waals surface area contributed by atoms with Gasteiger partial charge in [-0.1, -0.05) is 18.9 Å². The van der Waals surface area contributed by atoms with Crippen molar-refractivity contribution in [2.45, 2.75) is 32.1 Å². The minimum absolute atomic E-state index is 0.666. The summed E-state index contributed by atoms with van der Waals surface area (Å²) < 4.78 is 0. The Balaban J connectivity index is 2.11. The standard InChI is InChI=1S/C14H26N2O2/c1-3-9-15-11-13-6-4-12(5-7-13)8-10-16(2)14(17)18/h3,12-13,15H,1,4-11H2,2H3,(H,17,18). The van der Waals surface area contributed by atoms with E-state index < -0.39 is 6.09 Å². The average molecular weight is 254 g/mol. The molecule has 104 valence electrons. The Morgan fingerprint density at radius 2 is 2.00 bits per heavy atom. The lowest BCUT2D eigenvalue weighted by atomic mass is 9.80. The van der Waals surface area contributed by atoms with Gasteiger partial charge in [0.25, 0.3) is 0 Å². The van der Waals surface area contributed by atoms with Gasteiger partial charge in [-0.25, -0.2) is 4.79 Å². The largest absolute Gasteiger partial charge is 0.465 e. The van der Waals surface area contributed by atoms with Crippen LogP contribution in [-0.2, 0) is 0 Å². The normalized spacial score (nSPS) is 23.6. The van der Waals surface area contributed by atoms with Crippen molar-refractivity contribution in [3.63, 3.8) is 0 Å². The van der Waals surface area contributed by atoms with Crippen LogP contribution in [0.4, 0.5) is 4.79 Å². The van der Waals surface area contributed by atoms with Gasteiger partial charge in [0.05, 0.1) is 0 Å². The van der Waals surface area contributed by atoms with Crippen LogP contribution in [0.15, 0.2) is 12.7 Å². The molecule has 0 aliphatic heterocycles. The number of carboxylic acid groups (broad SMARTS) is 1. The fourth-order valence-electron chi connectivity index (χ4n) is 2.59. The second-order valence-electron chi connectivity index (χ2n) is 5.33. The molecule has 2 N–H and O–H groups in total. The van der Waals surface area contributed by atoms with Crippen molar-refractivity contribution < 1.29 is 9.90 Å². The van der Waals surface area contributed by atoms with Crippen LogP contribution in [0, 0.1) is 11.8 Å². The summed E-state index contributed by atoms with van der Waals surface area (Å²) in [6, 6.07) is 0. The first-order valence-electron chi connectivity index (χ1n) is 6.89. The highest BCUT2D eigenvalue weighted by Crippen LogP contribution is 2.30. The van der Waals surface area contributed by atoms with E-state index in [-0.39, 0.29) is 0 Å². The molecule has 0 bridgehead atoms. The third kappa shape index (κ3) is 5.54. The smallest absolute Gasteiger partial charge is 0.407 e. The Hall–Kier alpha value is -1.03. The molecule has 0 unspecified atom stereocenters. The van der Waals surface area contributed by atoms with E-state index in [1.165, 1.54) is 30.6 Å². The average Bonchev–Trinajstić information content (AvgIpc) is 2.37. The van der Waals surface area contributed by atoms with Crippen molar-refractivity contribution in [1.29, 1.82) is 0 Å². The zero-order chi connectivity index (χ0) is 13.4. The van der Waals surface area contributed by atoms with Gasteiger partial charge in [0.15, 0.2) is 0 Å². The summed E-state index contributed by atoms with van der Waals surface area (Å²) in [4.78, 5) is 12.1. The second kappa shape index (κ2) is 8.14. The van der Waals surface area contributed by atoms with E-state index in [1.807, 2.05) is 6.08 Å². The van der Waals surface area contributed by atoms with E-state index in [1.54, 1.807) is 7.05 Å². The van der Waals surface area contributed by atoms with Gasteiger partial charge in [-0.3, -0.25) is 0 Å².